The highest BCUT2D eigenvalue weighted by Gasteiger charge is 2.10. The summed E-state index contributed by atoms with van der Waals surface area (Å²) in [5, 5.41) is 4.42. The fourth-order valence-corrected chi connectivity index (χ4v) is 3.23. The molecule has 4 nitrogen and oxygen atoms in total. The molecule has 1 aromatic carbocycles. The molecule has 0 radical (unpaired) electrons. The van der Waals surface area contributed by atoms with Crippen LogP contribution >= 0.6 is 55.1 Å². The first kappa shape index (κ1) is 24.6. The van der Waals surface area contributed by atoms with Gasteiger partial charge in [-0.1, -0.05) is 41.2 Å². The molecule has 0 heterocycles. The lowest BCUT2D eigenvalue weighted by Gasteiger charge is -2.12. The van der Waals surface area contributed by atoms with Gasteiger partial charge in [0.1, 0.15) is 19.0 Å². The van der Waals surface area contributed by atoms with E-state index < -0.39 is 0 Å². The number of ether oxygens (including phenoxy) is 2. The van der Waals surface area contributed by atoms with Crippen LogP contribution in [0.15, 0.2) is 31.8 Å². The second-order valence-corrected chi connectivity index (χ2v) is 8.99. The first-order valence-corrected chi connectivity index (χ1v) is 11.1. The van der Waals surface area contributed by atoms with E-state index in [1.807, 2.05) is 19.9 Å². The summed E-state index contributed by atoms with van der Waals surface area (Å²) in [5.41, 5.74) is 0.941. The molecular formula is C19H25Br2Cl2NO3. The van der Waals surface area contributed by atoms with Gasteiger partial charge in [-0.3, -0.25) is 0 Å². The Morgan fingerprint density at radius 3 is 2.37 bits per heavy atom. The van der Waals surface area contributed by atoms with Crippen LogP contribution in [0.2, 0.25) is 5.02 Å². The second kappa shape index (κ2) is 14.6. The van der Waals surface area contributed by atoms with Gasteiger partial charge in [0, 0.05) is 6.07 Å². The van der Waals surface area contributed by atoms with Gasteiger partial charge in [-0.15, -0.1) is 0 Å². The molecule has 0 aromatic heterocycles. The van der Waals surface area contributed by atoms with E-state index in [0.717, 1.165) is 42.3 Å². The summed E-state index contributed by atoms with van der Waals surface area (Å²) in [6.07, 6.45) is 7.08. The maximum absolute atomic E-state index is 6.30. The number of nitrogens with zero attached hydrogens (tertiary/aromatic N) is 1. The molecule has 0 saturated carbocycles. The number of halogens is 4. The quantitative estimate of drug-likeness (QED) is 0.145. The number of unbranched alkanes of at least 4 members (excludes halogenated alkanes) is 4. The standard InChI is InChI=1S/C19H25Br2Cl2NO3/c1-14(2)24-27-10-7-5-3-4-6-9-26-19-16(20)12-15(13-17(19)22)25-11-8-18(21)23/h8,12-13H,3-7,9-11H2,1-2H3/b18-8-. The summed E-state index contributed by atoms with van der Waals surface area (Å²) in [6.45, 7) is 5.49. The Labute approximate surface area is 188 Å². The third-order valence-corrected chi connectivity index (χ3v) is 4.68. The Morgan fingerprint density at radius 1 is 1.07 bits per heavy atom. The highest BCUT2D eigenvalue weighted by atomic mass is 79.9. The predicted octanol–water partition coefficient (Wildman–Crippen LogP) is 7.70. The second-order valence-electron chi connectivity index (χ2n) is 6.01. The van der Waals surface area contributed by atoms with Crippen molar-refractivity contribution in [3.63, 3.8) is 0 Å². The molecule has 27 heavy (non-hydrogen) atoms. The van der Waals surface area contributed by atoms with Gasteiger partial charge < -0.3 is 14.3 Å². The summed E-state index contributed by atoms with van der Waals surface area (Å²) < 4.78 is 12.7. The largest absolute Gasteiger partial charge is 0.491 e. The minimum Gasteiger partial charge on any atom is -0.491 e. The molecule has 0 fully saturated rings. The van der Waals surface area contributed by atoms with E-state index in [1.54, 1.807) is 12.1 Å². The Hall–Kier alpha value is -0.430. The molecule has 1 rings (SSSR count). The van der Waals surface area contributed by atoms with Crippen molar-refractivity contribution in [2.75, 3.05) is 19.8 Å². The first-order chi connectivity index (χ1) is 12.9. The summed E-state index contributed by atoms with van der Waals surface area (Å²) in [7, 11) is 0. The van der Waals surface area contributed by atoms with Crippen molar-refractivity contribution < 1.29 is 14.3 Å². The molecule has 0 bridgehead atoms. The van der Waals surface area contributed by atoms with Crippen LogP contribution < -0.4 is 9.47 Å². The number of hydrogen-bond donors (Lipinski definition) is 0. The van der Waals surface area contributed by atoms with E-state index in [-0.39, 0.29) is 0 Å². The summed E-state index contributed by atoms with van der Waals surface area (Å²) in [6, 6.07) is 3.57. The van der Waals surface area contributed by atoms with E-state index in [9.17, 15) is 0 Å². The summed E-state index contributed by atoms with van der Waals surface area (Å²) in [4.78, 5) is 5.17. The van der Waals surface area contributed by atoms with Crippen molar-refractivity contribution in [3.05, 3.63) is 31.6 Å². The fraction of sp³-hybridized carbons (Fsp3) is 0.526. The van der Waals surface area contributed by atoms with Gasteiger partial charge in [-0.05, 0) is 77.1 Å². The number of benzene rings is 1. The lowest BCUT2D eigenvalue weighted by atomic mass is 10.1. The Balaban J connectivity index is 2.24. The van der Waals surface area contributed by atoms with Crippen molar-refractivity contribution in [2.45, 2.75) is 46.0 Å². The average molecular weight is 546 g/mol. The molecule has 0 atom stereocenters. The fourth-order valence-electron chi connectivity index (χ4n) is 2.11. The van der Waals surface area contributed by atoms with Gasteiger partial charge in [0.2, 0.25) is 0 Å². The van der Waals surface area contributed by atoms with Gasteiger partial charge in [0.25, 0.3) is 0 Å². The van der Waals surface area contributed by atoms with Crippen LogP contribution in [0, 0.1) is 0 Å². The molecule has 8 heteroatoms. The minimum atomic E-state index is 0.350. The maximum atomic E-state index is 6.30. The van der Waals surface area contributed by atoms with Crippen LogP contribution in [0.4, 0.5) is 0 Å². The molecule has 0 saturated heterocycles. The zero-order valence-electron chi connectivity index (χ0n) is 15.6. The van der Waals surface area contributed by atoms with Gasteiger partial charge in [-0.2, -0.15) is 0 Å². The SMILES string of the molecule is CC(C)=NOCCCCCCCOc1c(Cl)cc(OC/C=C(\Cl)Br)cc1Br. The molecule has 0 spiro atoms. The highest BCUT2D eigenvalue weighted by molar-refractivity contribution is 9.12. The average Bonchev–Trinajstić information content (AvgIpc) is 2.58. The molecule has 1 aromatic rings. The molecule has 0 aliphatic rings. The Kier molecular flexibility index (Phi) is 13.3. The molecular weight excluding hydrogens is 521 g/mol. The van der Waals surface area contributed by atoms with E-state index in [1.165, 1.54) is 0 Å². The normalized spacial score (nSPS) is 11.3. The van der Waals surface area contributed by atoms with Crippen molar-refractivity contribution in [1.29, 1.82) is 0 Å². The lowest BCUT2D eigenvalue weighted by Crippen LogP contribution is -2.00. The summed E-state index contributed by atoms with van der Waals surface area (Å²) in [5.74, 6) is 1.28. The zero-order valence-corrected chi connectivity index (χ0v) is 20.3. The van der Waals surface area contributed by atoms with Crippen LogP contribution in [0.25, 0.3) is 0 Å². The minimum absolute atomic E-state index is 0.350. The Morgan fingerprint density at radius 2 is 1.74 bits per heavy atom. The first-order valence-electron chi connectivity index (χ1n) is 8.79. The maximum Gasteiger partial charge on any atom is 0.152 e. The van der Waals surface area contributed by atoms with Gasteiger partial charge in [0.15, 0.2) is 5.75 Å². The van der Waals surface area contributed by atoms with Gasteiger partial charge in [-0.25, -0.2) is 0 Å². The number of rotatable bonds is 13. The third kappa shape index (κ3) is 11.9. The molecule has 0 aliphatic carbocycles. The monoisotopic (exact) mass is 543 g/mol. The molecule has 0 N–H and O–H groups in total. The van der Waals surface area contributed by atoms with E-state index in [0.29, 0.717) is 40.3 Å². The van der Waals surface area contributed by atoms with Crippen LogP contribution in [0.1, 0.15) is 46.0 Å². The Bertz CT molecular complexity index is 608. The van der Waals surface area contributed by atoms with E-state index >= 15 is 0 Å². The van der Waals surface area contributed by atoms with Crippen molar-refractivity contribution in [2.24, 2.45) is 5.16 Å². The number of hydrogen-bond acceptors (Lipinski definition) is 4. The van der Waals surface area contributed by atoms with Crippen LogP contribution in [0.5, 0.6) is 11.5 Å². The van der Waals surface area contributed by atoms with Crippen LogP contribution in [-0.2, 0) is 4.84 Å². The smallest absolute Gasteiger partial charge is 0.152 e. The van der Waals surface area contributed by atoms with Crippen LogP contribution in [-0.4, -0.2) is 25.5 Å². The van der Waals surface area contributed by atoms with Crippen molar-refractivity contribution in [3.8, 4) is 11.5 Å². The van der Waals surface area contributed by atoms with Gasteiger partial charge >= 0.3 is 0 Å². The van der Waals surface area contributed by atoms with E-state index in [2.05, 4.69) is 37.0 Å². The topological polar surface area (TPSA) is 40.0 Å². The van der Waals surface area contributed by atoms with E-state index in [4.69, 9.17) is 37.5 Å². The molecule has 0 amide bonds. The van der Waals surface area contributed by atoms with Crippen LogP contribution in [0.3, 0.4) is 0 Å². The zero-order chi connectivity index (χ0) is 20.1. The molecule has 152 valence electrons. The third-order valence-electron chi connectivity index (χ3n) is 3.33. The number of oxime groups is 1. The molecule has 0 unspecified atom stereocenters. The van der Waals surface area contributed by atoms with Crippen molar-refractivity contribution >= 4 is 60.8 Å². The molecule has 0 aliphatic heterocycles. The highest BCUT2D eigenvalue weighted by Crippen LogP contribution is 2.37. The predicted molar refractivity (Wildman–Crippen MR) is 121 cm³/mol. The lowest BCUT2D eigenvalue weighted by molar-refractivity contribution is 0.139. The van der Waals surface area contributed by atoms with Gasteiger partial charge in [0.05, 0.1) is 25.8 Å². The summed E-state index contributed by atoms with van der Waals surface area (Å²) >= 11 is 18.6. The van der Waals surface area contributed by atoms with Crippen molar-refractivity contribution in [1.82, 2.24) is 0 Å².